The summed E-state index contributed by atoms with van der Waals surface area (Å²) in [6, 6.07) is 0. The quantitative estimate of drug-likeness (QED) is 0.396. The van der Waals surface area contributed by atoms with Crippen molar-refractivity contribution in [2.75, 3.05) is 0 Å². The molecule has 0 radical (unpaired) electrons. The van der Waals surface area contributed by atoms with E-state index in [1.54, 1.807) is 0 Å². The van der Waals surface area contributed by atoms with E-state index in [1.807, 2.05) is 0 Å². The molecule has 0 aromatic heterocycles. The highest BCUT2D eigenvalue weighted by Gasteiger charge is 2.57. The Kier molecular flexibility index (Phi) is 1.36. The first kappa shape index (κ1) is 7.51. The van der Waals surface area contributed by atoms with Gasteiger partial charge in [0.05, 0.1) is 0 Å². The summed E-state index contributed by atoms with van der Waals surface area (Å²) in [5, 5.41) is 18.1. The highest BCUT2D eigenvalue weighted by Crippen LogP contribution is 2.28. The Labute approximate surface area is 66.7 Å². The van der Waals surface area contributed by atoms with E-state index in [0.29, 0.717) is 0 Å². The Morgan fingerprint density at radius 1 is 0.917 bits per heavy atom. The Balaban J connectivity index is 2.24. The number of ether oxygens (including phenoxy) is 2. The van der Waals surface area contributed by atoms with Crippen molar-refractivity contribution in [1.29, 1.82) is 0 Å². The molecule has 0 spiro atoms. The van der Waals surface area contributed by atoms with Crippen LogP contribution in [0.4, 0.5) is 0 Å². The molecule has 6 heteroatoms. The van der Waals surface area contributed by atoms with E-state index >= 15 is 0 Å². The van der Waals surface area contributed by atoms with Gasteiger partial charge in [0.2, 0.25) is 0 Å². The molecule has 0 unspecified atom stereocenters. The van der Waals surface area contributed by atoms with Gasteiger partial charge in [-0.05, 0) is 0 Å². The van der Waals surface area contributed by atoms with Crippen LogP contribution >= 0.6 is 0 Å². The van der Waals surface area contributed by atoms with Gasteiger partial charge in [0.25, 0.3) is 0 Å². The molecule has 2 fully saturated rings. The second-order valence-corrected chi connectivity index (χ2v) is 2.69. The van der Waals surface area contributed by atoms with Crippen LogP contribution in [0.5, 0.6) is 0 Å². The molecular formula is C6H6O6. The Hall–Kier alpha value is -1.14. The molecule has 2 N–H and O–H groups in total. The van der Waals surface area contributed by atoms with E-state index in [-0.39, 0.29) is 0 Å². The Morgan fingerprint density at radius 3 is 1.58 bits per heavy atom. The van der Waals surface area contributed by atoms with Crippen molar-refractivity contribution in [2.45, 2.75) is 24.4 Å². The summed E-state index contributed by atoms with van der Waals surface area (Å²) in [4.78, 5) is 21.3. The molecule has 0 aromatic carbocycles. The molecule has 0 bridgehead atoms. The van der Waals surface area contributed by atoms with Gasteiger partial charge in [-0.1, -0.05) is 0 Å². The maximum absolute atomic E-state index is 10.7. The molecule has 2 aliphatic heterocycles. The zero-order chi connectivity index (χ0) is 8.88. The minimum Gasteiger partial charge on any atom is -0.453 e. The summed E-state index contributed by atoms with van der Waals surface area (Å²) in [7, 11) is 0. The molecule has 12 heavy (non-hydrogen) atoms. The van der Waals surface area contributed by atoms with Crippen LogP contribution in [0.2, 0.25) is 0 Å². The van der Waals surface area contributed by atoms with Crippen molar-refractivity contribution in [2.24, 2.45) is 0 Å². The summed E-state index contributed by atoms with van der Waals surface area (Å²) in [5.41, 5.74) is 0. The fourth-order valence-electron chi connectivity index (χ4n) is 1.30. The molecule has 6 nitrogen and oxygen atoms in total. The number of rotatable bonds is 0. The molecular weight excluding hydrogens is 168 g/mol. The first-order chi connectivity index (χ1) is 5.61. The second-order valence-electron chi connectivity index (χ2n) is 2.69. The third-order valence-corrected chi connectivity index (χ3v) is 1.93. The van der Waals surface area contributed by atoms with Crippen LogP contribution < -0.4 is 0 Å². The van der Waals surface area contributed by atoms with E-state index < -0.39 is 36.4 Å². The lowest BCUT2D eigenvalue weighted by atomic mass is 10.1. The van der Waals surface area contributed by atoms with E-state index in [0.717, 1.165) is 0 Å². The Bertz CT molecular complexity index is 222. The van der Waals surface area contributed by atoms with Crippen molar-refractivity contribution in [3.8, 4) is 0 Å². The number of carbonyl (C=O) groups is 2. The van der Waals surface area contributed by atoms with Gasteiger partial charge in [-0.3, -0.25) is 0 Å². The van der Waals surface area contributed by atoms with Crippen molar-refractivity contribution in [1.82, 2.24) is 0 Å². The summed E-state index contributed by atoms with van der Waals surface area (Å²) in [6.45, 7) is 0. The van der Waals surface area contributed by atoms with Gasteiger partial charge < -0.3 is 19.7 Å². The molecule has 0 aliphatic carbocycles. The third-order valence-electron chi connectivity index (χ3n) is 1.93. The molecule has 0 aromatic rings. The number of hydrogen-bond acceptors (Lipinski definition) is 6. The average Bonchev–Trinajstić information content (AvgIpc) is 2.43. The molecule has 4 atom stereocenters. The number of carbonyl (C=O) groups excluding carboxylic acids is 2. The minimum atomic E-state index is -1.46. The minimum absolute atomic E-state index is 0.864. The van der Waals surface area contributed by atoms with Crippen LogP contribution in [0.1, 0.15) is 0 Å². The summed E-state index contributed by atoms with van der Waals surface area (Å²) in [5.74, 6) is -1.73. The van der Waals surface area contributed by atoms with Crippen molar-refractivity contribution < 1.29 is 29.3 Å². The van der Waals surface area contributed by atoms with Crippen LogP contribution in [0, 0.1) is 0 Å². The normalized spacial score (nSPS) is 45.5. The van der Waals surface area contributed by atoms with Crippen LogP contribution in [-0.2, 0) is 19.1 Å². The second kappa shape index (κ2) is 2.18. The summed E-state index contributed by atoms with van der Waals surface area (Å²) >= 11 is 0. The van der Waals surface area contributed by atoms with E-state index in [1.165, 1.54) is 0 Å². The topological polar surface area (TPSA) is 93.1 Å². The third kappa shape index (κ3) is 0.759. The lowest BCUT2D eigenvalue weighted by Gasteiger charge is -2.05. The SMILES string of the molecule is O=C1O[C@@H]2[C@@H](OC(=O)[C@@H]2O)[C@H]1O. The summed E-state index contributed by atoms with van der Waals surface area (Å²) < 4.78 is 8.99. The van der Waals surface area contributed by atoms with Crippen molar-refractivity contribution >= 4 is 11.9 Å². The molecule has 0 saturated carbocycles. The van der Waals surface area contributed by atoms with Gasteiger partial charge in [0, 0.05) is 0 Å². The standard InChI is InChI=1S/C6H6O6/c7-1-3-4(12-5(1)9)2(8)6(10)11-3/h1-4,7-8H/t1-,2-,3+,4+/m1/s1. The number of esters is 2. The zero-order valence-electron chi connectivity index (χ0n) is 5.84. The highest BCUT2D eigenvalue weighted by molar-refractivity contribution is 5.85. The first-order valence-corrected chi connectivity index (χ1v) is 3.38. The van der Waals surface area contributed by atoms with Gasteiger partial charge in [0.15, 0.2) is 24.4 Å². The van der Waals surface area contributed by atoms with Crippen LogP contribution in [0.3, 0.4) is 0 Å². The van der Waals surface area contributed by atoms with Gasteiger partial charge in [0.1, 0.15) is 0 Å². The van der Waals surface area contributed by atoms with Crippen molar-refractivity contribution in [3.63, 3.8) is 0 Å². The fourth-order valence-corrected chi connectivity index (χ4v) is 1.30. The van der Waals surface area contributed by atoms with Crippen LogP contribution in [0.25, 0.3) is 0 Å². The highest BCUT2D eigenvalue weighted by atomic mass is 16.7. The number of fused-ring (bicyclic) bond motifs is 1. The average molecular weight is 174 g/mol. The molecule has 66 valence electrons. The monoisotopic (exact) mass is 174 g/mol. The predicted molar refractivity (Wildman–Crippen MR) is 31.8 cm³/mol. The van der Waals surface area contributed by atoms with Crippen LogP contribution in [-0.4, -0.2) is 46.6 Å². The summed E-state index contributed by atoms with van der Waals surface area (Å²) in [6.07, 6.45) is -5.01. The molecule has 0 amide bonds. The van der Waals surface area contributed by atoms with E-state index in [4.69, 9.17) is 10.2 Å². The fraction of sp³-hybridized carbons (Fsp3) is 0.667. The van der Waals surface area contributed by atoms with Crippen molar-refractivity contribution in [3.05, 3.63) is 0 Å². The maximum Gasteiger partial charge on any atom is 0.339 e. The lowest BCUT2D eigenvalue weighted by molar-refractivity contribution is -0.159. The number of hydrogen-bond donors (Lipinski definition) is 2. The molecule has 2 aliphatic rings. The van der Waals surface area contributed by atoms with Crippen LogP contribution in [0.15, 0.2) is 0 Å². The van der Waals surface area contributed by atoms with E-state index in [9.17, 15) is 9.59 Å². The molecule has 2 saturated heterocycles. The van der Waals surface area contributed by atoms with Gasteiger partial charge in [-0.25, -0.2) is 9.59 Å². The maximum atomic E-state index is 10.7. The first-order valence-electron chi connectivity index (χ1n) is 3.38. The number of aliphatic hydroxyl groups is 2. The largest absolute Gasteiger partial charge is 0.453 e. The Morgan fingerprint density at radius 2 is 1.25 bits per heavy atom. The molecule has 2 rings (SSSR count). The van der Waals surface area contributed by atoms with Gasteiger partial charge >= 0.3 is 11.9 Å². The molecule has 2 heterocycles. The van der Waals surface area contributed by atoms with E-state index in [2.05, 4.69) is 9.47 Å². The smallest absolute Gasteiger partial charge is 0.339 e. The van der Waals surface area contributed by atoms with Gasteiger partial charge in [-0.15, -0.1) is 0 Å². The number of aliphatic hydroxyl groups excluding tert-OH is 2. The zero-order valence-corrected chi connectivity index (χ0v) is 5.84. The van der Waals surface area contributed by atoms with Gasteiger partial charge in [-0.2, -0.15) is 0 Å². The predicted octanol–water partition coefficient (Wildman–Crippen LogP) is -2.44. The lowest BCUT2D eigenvalue weighted by Crippen LogP contribution is -2.31.